The van der Waals surface area contributed by atoms with E-state index in [1.54, 1.807) is 7.11 Å². The topological polar surface area (TPSA) is 35.5 Å². The van der Waals surface area contributed by atoms with Crippen molar-refractivity contribution in [2.45, 2.75) is 58.5 Å². The molecule has 0 radical (unpaired) electrons. The van der Waals surface area contributed by atoms with Crippen molar-refractivity contribution >= 4 is 6.29 Å². The van der Waals surface area contributed by atoms with Gasteiger partial charge in [-0.05, 0) is 62.2 Å². The monoisotopic (exact) mass is 294 g/mol. The maximum Gasteiger partial charge on any atom is 0.146 e. The lowest BCUT2D eigenvalue weighted by atomic mass is 9.57. The molecule has 0 aromatic rings. The van der Waals surface area contributed by atoms with Crippen LogP contribution in [0, 0.1) is 23.2 Å². The molecule has 0 saturated heterocycles. The predicted octanol–water partition coefficient (Wildman–Crippen LogP) is 3.97. The van der Waals surface area contributed by atoms with Gasteiger partial charge in [0.25, 0.3) is 0 Å². The molecule has 3 heteroatoms. The lowest BCUT2D eigenvalue weighted by Gasteiger charge is -2.48. The lowest BCUT2D eigenvalue weighted by Crippen LogP contribution is -2.44. The smallest absolute Gasteiger partial charge is 0.146 e. The first kappa shape index (κ1) is 16.7. The fourth-order valence-corrected chi connectivity index (χ4v) is 4.94. The molecule has 2 saturated carbocycles. The van der Waals surface area contributed by atoms with Crippen molar-refractivity contribution in [3.05, 3.63) is 12.2 Å². The molecule has 21 heavy (non-hydrogen) atoms. The molecule has 0 aliphatic heterocycles. The van der Waals surface area contributed by atoms with E-state index in [0.717, 1.165) is 19.1 Å². The molecule has 2 rings (SSSR count). The fraction of sp³-hybridized carbons (Fsp3) is 0.833. The number of rotatable bonds is 7. The molecule has 120 valence electrons. The van der Waals surface area contributed by atoms with E-state index < -0.39 is 0 Å². The third-order valence-corrected chi connectivity index (χ3v) is 5.99. The Kier molecular flexibility index (Phi) is 5.61. The van der Waals surface area contributed by atoms with Gasteiger partial charge >= 0.3 is 0 Å². The molecule has 0 unspecified atom stereocenters. The molecule has 0 aromatic heterocycles. The Morgan fingerprint density at radius 3 is 2.76 bits per heavy atom. The summed E-state index contributed by atoms with van der Waals surface area (Å²) in [6.07, 6.45) is 7.73. The number of methoxy groups -OCH3 is 1. The van der Waals surface area contributed by atoms with Crippen molar-refractivity contribution in [1.29, 1.82) is 0 Å². The molecule has 0 aromatic carbocycles. The molecule has 0 bridgehead atoms. The van der Waals surface area contributed by atoms with Gasteiger partial charge in [-0.25, -0.2) is 0 Å². The van der Waals surface area contributed by atoms with Crippen LogP contribution in [0.15, 0.2) is 12.2 Å². The van der Waals surface area contributed by atoms with Gasteiger partial charge < -0.3 is 14.3 Å². The van der Waals surface area contributed by atoms with Crippen LogP contribution in [0.3, 0.4) is 0 Å². The van der Waals surface area contributed by atoms with Gasteiger partial charge in [0.1, 0.15) is 13.1 Å². The van der Waals surface area contributed by atoms with Gasteiger partial charge in [-0.1, -0.05) is 19.1 Å². The molecular formula is C18H30O3. The number of hydrogen-bond acceptors (Lipinski definition) is 3. The van der Waals surface area contributed by atoms with Crippen molar-refractivity contribution in [3.8, 4) is 0 Å². The summed E-state index contributed by atoms with van der Waals surface area (Å²) in [5.41, 5.74) is 1.52. The highest BCUT2D eigenvalue weighted by Gasteiger charge is 2.54. The summed E-state index contributed by atoms with van der Waals surface area (Å²) in [5, 5.41) is 0. The van der Waals surface area contributed by atoms with E-state index in [-0.39, 0.29) is 5.41 Å². The van der Waals surface area contributed by atoms with E-state index >= 15 is 0 Å². The number of aldehydes is 1. The average molecular weight is 294 g/mol. The minimum Gasteiger partial charge on any atom is -0.359 e. The zero-order valence-corrected chi connectivity index (χ0v) is 13.8. The van der Waals surface area contributed by atoms with Crippen LogP contribution in [0.1, 0.15) is 52.4 Å². The third kappa shape index (κ3) is 3.24. The summed E-state index contributed by atoms with van der Waals surface area (Å²) in [6.45, 7) is 9.12. The highest BCUT2D eigenvalue weighted by atomic mass is 16.7. The van der Waals surface area contributed by atoms with Crippen LogP contribution < -0.4 is 0 Å². The maximum atomic E-state index is 10.8. The van der Waals surface area contributed by atoms with Crippen molar-refractivity contribution in [2.24, 2.45) is 23.2 Å². The number of carbonyl (C=O) groups is 1. The largest absolute Gasteiger partial charge is 0.359 e. The van der Waals surface area contributed by atoms with Gasteiger partial charge in [-0.15, -0.1) is 0 Å². The molecule has 3 nitrogen and oxygen atoms in total. The Labute approximate surface area is 129 Å². The SMILES string of the molecule is C=C(C)[C@H]1CC[C@]2(C)[C@@H](OCOC)CC[C@H]2[C@@H]1CCC=O. The van der Waals surface area contributed by atoms with Gasteiger partial charge in [0.2, 0.25) is 0 Å². The Balaban J connectivity index is 2.15. The summed E-state index contributed by atoms with van der Waals surface area (Å²) in [6, 6.07) is 0. The first-order valence-electron chi connectivity index (χ1n) is 8.24. The highest BCUT2D eigenvalue weighted by molar-refractivity contribution is 5.49. The standard InChI is InChI=1S/C18H30O3/c1-13(2)14-9-10-18(3)16(15(14)6-5-11-19)7-8-17(18)21-12-20-4/h11,14-17H,1,5-10,12H2,2-4H3/t14-,15-,16+,17+,18+/m1/s1. The zero-order chi connectivity index (χ0) is 15.5. The van der Waals surface area contributed by atoms with Crippen LogP contribution >= 0.6 is 0 Å². The van der Waals surface area contributed by atoms with Crippen molar-refractivity contribution in [3.63, 3.8) is 0 Å². The van der Waals surface area contributed by atoms with E-state index in [2.05, 4.69) is 20.4 Å². The summed E-state index contributed by atoms with van der Waals surface area (Å²) < 4.78 is 11.1. The fourth-order valence-electron chi connectivity index (χ4n) is 4.94. The van der Waals surface area contributed by atoms with Crippen LogP contribution in [0.5, 0.6) is 0 Å². The third-order valence-electron chi connectivity index (χ3n) is 5.99. The van der Waals surface area contributed by atoms with E-state index in [1.807, 2.05) is 0 Å². The van der Waals surface area contributed by atoms with E-state index in [1.165, 1.54) is 24.8 Å². The molecule has 0 spiro atoms. The number of ether oxygens (including phenoxy) is 2. The van der Waals surface area contributed by atoms with E-state index in [4.69, 9.17) is 9.47 Å². The quantitative estimate of drug-likeness (QED) is 0.405. The Bertz CT molecular complexity index is 379. The van der Waals surface area contributed by atoms with Crippen molar-refractivity contribution in [1.82, 2.24) is 0 Å². The first-order chi connectivity index (χ1) is 10.0. The van der Waals surface area contributed by atoms with E-state index in [9.17, 15) is 4.79 Å². The van der Waals surface area contributed by atoms with Gasteiger partial charge in [0.15, 0.2) is 0 Å². The molecular weight excluding hydrogens is 264 g/mol. The van der Waals surface area contributed by atoms with Crippen molar-refractivity contribution in [2.75, 3.05) is 13.9 Å². The second-order valence-electron chi connectivity index (χ2n) is 7.15. The molecule has 0 heterocycles. The summed E-state index contributed by atoms with van der Waals surface area (Å²) in [5.74, 6) is 1.81. The normalized spacial score (nSPS) is 39.0. The molecule has 0 N–H and O–H groups in total. The number of hydrogen-bond donors (Lipinski definition) is 0. The summed E-state index contributed by atoms with van der Waals surface area (Å²) in [4.78, 5) is 10.8. The van der Waals surface area contributed by atoms with Gasteiger partial charge in [0, 0.05) is 13.5 Å². The van der Waals surface area contributed by atoms with Crippen LogP contribution in [0.2, 0.25) is 0 Å². The van der Waals surface area contributed by atoms with Gasteiger partial charge in [0.05, 0.1) is 6.10 Å². The van der Waals surface area contributed by atoms with Crippen LogP contribution in [0.25, 0.3) is 0 Å². The second kappa shape index (κ2) is 7.06. The van der Waals surface area contributed by atoms with Crippen LogP contribution in [-0.4, -0.2) is 26.3 Å². The summed E-state index contributed by atoms with van der Waals surface area (Å²) in [7, 11) is 1.68. The minimum atomic E-state index is 0.234. The summed E-state index contributed by atoms with van der Waals surface area (Å²) >= 11 is 0. The zero-order valence-electron chi connectivity index (χ0n) is 13.8. The number of carbonyl (C=O) groups excluding carboxylic acids is 1. The number of fused-ring (bicyclic) bond motifs is 1. The van der Waals surface area contributed by atoms with Gasteiger partial charge in [-0.2, -0.15) is 0 Å². The maximum absolute atomic E-state index is 10.8. The van der Waals surface area contributed by atoms with E-state index in [0.29, 0.717) is 37.1 Å². The van der Waals surface area contributed by atoms with Crippen LogP contribution in [-0.2, 0) is 14.3 Å². The predicted molar refractivity (Wildman–Crippen MR) is 83.9 cm³/mol. The molecule has 2 fully saturated rings. The highest BCUT2D eigenvalue weighted by Crippen LogP contribution is 2.58. The lowest BCUT2D eigenvalue weighted by molar-refractivity contribution is -0.127. The Morgan fingerprint density at radius 1 is 1.38 bits per heavy atom. The van der Waals surface area contributed by atoms with Crippen LogP contribution in [0.4, 0.5) is 0 Å². The first-order valence-corrected chi connectivity index (χ1v) is 8.24. The van der Waals surface area contributed by atoms with Crippen molar-refractivity contribution < 1.29 is 14.3 Å². The average Bonchev–Trinajstić information content (AvgIpc) is 2.79. The molecule has 5 atom stereocenters. The minimum absolute atomic E-state index is 0.234. The molecule has 0 amide bonds. The molecule has 2 aliphatic rings. The Hall–Kier alpha value is -0.670. The number of allylic oxidation sites excluding steroid dienone is 1. The Morgan fingerprint density at radius 2 is 2.14 bits per heavy atom. The molecule has 2 aliphatic carbocycles. The second-order valence-corrected chi connectivity index (χ2v) is 7.15. The van der Waals surface area contributed by atoms with Gasteiger partial charge in [-0.3, -0.25) is 0 Å².